The van der Waals surface area contributed by atoms with E-state index in [2.05, 4.69) is 42.5 Å². The maximum Gasteiger partial charge on any atom is 0.317 e. The number of hydrogen-bond donors (Lipinski definition) is 2. The van der Waals surface area contributed by atoms with Crippen LogP contribution in [0.1, 0.15) is 22.3 Å². The van der Waals surface area contributed by atoms with E-state index in [1.165, 1.54) is 0 Å². The maximum atomic E-state index is 12.6. The second kappa shape index (κ2) is 13.5. The lowest BCUT2D eigenvalue weighted by atomic mass is 10.2. The molecule has 0 unspecified atom stereocenters. The van der Waals surface area contributed by atoms with Gasteiger partial charge in [0.25, 0.3) is 5.91 Å². The molecule has 0 bridgehead atoms. The lowest BCUT2D eigenvalue weighted by Gasteiger charge is -2.20. The minimum Gasteiger partial charge on any atom is -0.497 e. The summed E-state index contributed by atoms with van der Waals surface area (Å²) < 4.78 is 12.7. The molecular formula is C26H26Br2ClN3O4. The first kappa shape index (κ1) is 27.8. The van der Waals surface area contributed by atoms with E-state index in [-0.39, 0.29) is 11.9 Å². The van der Waals surface area contributed by atoms with Crippen molar-refractivity contribution in [3.63, 3.8) is 0 Å². The van der Waals surface area contributed by atoms with E-state index >= 15 is 0 Å². The average molecular weight is 640 g/mol. The van der Waals surface area contributed by atoms with Crippen molar-refractivity contribution in [3.8, 4) is 17.2 Å². The second-order valence-corrected chi connectivity index (χ2v) is 10.1. The predicted molar refractivity (Wildman–Crippen MR) is 148 cm³/mol. The van der Waals surface area contributed by atoms with Gasteiger partial charge in [0.15, 0.2) is 0 Å². The molecule has 3 aromatic carbocycles. The van der Waals surface area contributed by atoms with Crippen molar-refractivity contribution in [1.29, 1.82) is 0 Å². The number of methoxy groups -OCH3 is 1. The van der Waals surface area contributed by atoms with Gasteiger partial charge in [-0.3, -0.25) is 4.79 Å². The van der Waals surface area contributed by atoms with Crippen molar-refractivity contribution >= 4 is 55.4 Å². The van der Waals surface area contributed by atoms with E-state index in [4.69, 9.17) is 21.1 Å². The normalized spacial score (nSPS) is 10.5. The Balaban J connectivity index is 1.48. The van der Waals surface area contributed by atoms with Gasteiger partial charge < -0.3 is 25.0 Å². The van der Waals surface area contributed by atoms with Gasteiger partial charge in [0.05, 0.1) is 19.2 Å². The Morgan fingerprint density at radius 1 is 0.972 bits per heavy atom. The Kier molecular flexibility index (Phi) is 10.5. The molecule has 0 aliphatic heterocycles. The molecule has 0 saturated carbocycles. The van der Waals surface area contributed by atoms with Crippen LogP contribution < -0.4 is 20.1 Å². The zero-order valence-electron chi connectivity index (χ0n) is 19.8. The highest BCUT2D eigenvalue weighted by molar-refractivity contribution is 9.10. The van der Waals surface area contributed by atoms with Crippen molar-refractivity contribution in [2.24, 2.45) is 0 Å². The smallest absolute Gasteiger partial charge is 0.317 e. The molecule has 3 rings (SSSR count). The summed E-state index contributed by atoms with van der Waals surface area (Å²) in [5, 5.41) is 6.30. The monoisotopic (exact) mass is 637 g/mol. The molecule has 10 heteroatoms. The average Bonchev–Trinajstić information content (AvgIpc) is 2.85. The lowest BCUT2D eigenvalue weighted by molar-refractivity contribution is 0.0952. The number of benzene rings is 3. The molecule has 2 N–H and O–H groups in total. The molecule has 0 atom stereocenters. The number of urea groups is 1. The van der Waals surface area contributed by atoms with Crippen LogP contribution in [0.5, 0.6) is 17.2 Å². The zero-order chi connectivity index (χ0) is 26.1. The largest absolute Gasteiger partial charge is 0.497 e. The van der Waals surface area contributed by atoms with Crippen LogP contribution in [0.2, 0.25) is 5.02 Å². The van der Waals surface area contributed by atoms with Crippen LogP contribution in [0.4, 0.5) is 4.79 Å². The maximum absolute atomic E-state index is 12.6. The van der Waals surface area contributed by atoms with Gasteiger partial charge in [-0.15, -0.1) is 0 Å². The molecule has 7 nitrogen and oxygen atoms in total. The van der Waals surface area contributed by atoms with Crippen LogP contribution in [0.3, 0.4) is 0 Å². The number of nitrogens with one attached hydrogen (secondary N) is 2. The van der Waals surface area contributed by atoms with Gasteiger partial charge in [0, 0.05) is 39.7 Å². The number of amides is 3. The predicted octanol–water partition coefficient (Wildman–Crippen LogP) is 6.63. The number of hydrogen-bond acceptors (Lipinski definition) is 4. The minimum atomic E-state index is -0.228. The van der Waals surface area contributed by atoms with E-state index in [0.29, 0.717) is 58.4 Å². The summed E-state index contributed by atoms with van der Waals surface area (Å²) >= 11 is 12.9. The van der Waals surface area contributed by atoms with Crippen LogP contribution in [0.25, 0.3) is 0 Å². The van der Waals surface area contributed by atoms with Crippen molar-refractivity contribution in [2.45, 2.75) is 13.0 Å². The second-order valence-electron chi connectivity index (χ2n) is 7.85. The van der Waals surface area contributed by atoms with Gasteiger partial charge in [-0.25, -0.2) is 4.79 Å². The summed E-state index contributed by atoms with van der Waals surface area (Å²) in [4.78, 5) is 26.6. The quantitative estimate of drug-likeness (QED) is 0.244. The summed E-state index contributed by atoms with van der Waals surface area (Å²) in [5.41, 5.74) is 1.33. The number of carbonyl (C=O) groups is 2. The summed E-state index contributed by atoms with van der Waals surface area (Å²) in [5.74, 6) is 1.62. The van der Waals surface area contributed by atoms with Gasteiger partial charge in [-0.05, 0) is 70.9 Å². The van der Waals surface area contributed by atoms with E-state index in [0.717, 1.165) is 10.0 Å². The van der Waals surface area contributed by atoms with Crippen molar-refractivity contribution in [3.05, 3.63) is 85.8 Å². The number of halogens is 3. The van der Waals surface area contributed by atoms with Crippen LogP contribution in [-0.4, -0.2) is 44.1 Å². The Labute approximate surface area is 232 Å². The first-order chi connectivity index (χ1) is 17.3. The first-order valence-electron chi connectivity index (χ1n) is 11.1. The third kappa shape index (κ3) is 8.15. The Morgan fingerprint density at radius 3 is 2.50 bits per heavy atom. The molecule has 3 aromatic rings. The highest BCUT2D eigenvalue weighted by atomic mass is 79.9. The molecule has 3 amide bonds. The van der Waals surface area contributed by atoms with Crippen LogP contribution in [0.15, 0.2) is 69.6 Å². The molecular weight excluding hydrogens is 614 g/mol. The molecule has 36 heavy (non-hydrogen) atoms. The molecule has 0 heterocycles. The standard InChI is InChI=1S/C26H26Br2ClN3O4/c1-32(16-17-7-8-18(27)13-24(17)36-21-6-3-5-19(29)14-21)26(34)31-12-4-11-30-25(33)22-15-20(35-2)9-10-23(22)28/h3,5-10,13-15H,4,11-12,16H2,1-2H3,(H,30,33)(H,31,34). The van der Waals surface area contributed by atoms with Crippen LogP contribution in [-0.2, 0) is 6.54 Å². The van der Waals surface area contributed by atoms with Gasteiger partial charge >= 0.3 is 6.03 Å². The summed E-state index contributed by atoms with van der Waals surface area (Å²) in [6, 6.07) is 17.8. The van der Waals surface area contributed by atoms with E-state index in [9.17, 15) is 9.59 Å². The third-order valence-electron chi connectivity index (χ3n) is 5.14. The Bertz CT molecular complexity index is 1230. The number of ether oxygens (including phenoxy) is 2. The van der Waals surface area contributed by atoms with Gasteiger partial charge in [0.1, 0.15) is 17.2 Å². The molecule has 0 saturated heterocycles. The highest BCUT2D eigenvalue weighted by Crippen LogP contribution is 2.30. The number of rotatable bonds is 10. The van der Waals surface area contributed by atoms with Gasteiger partial charge in [-0.1, -0.05) is 39.7 Å². The van der Waals surface area contributed by atoms with E-state index < -0.39 is 0 Å². The SMILES string of the molecule is COc1ccc(Br)c(C(=O)NCCCNC(=O)N(C)Cc2ccc(Br)cc2Oc2cccc(Cl)c2)c1. The summed E-state index contributed by atoms with van der Waals surface area (Å²) in [7, 11) is 3.26. The van der Waals surface area contributed by atoms with E-state index in [1.807, 2.05) is 30.3 Å². The van der Waals surface area contributed by atoms with Gasteiger partial charge in [0.2, 0.25) is 0 Å². The molecule has 190 valence electrons. The molecule has 0 fully saturated rings. The summed E-state index contributed by atoms with van der Waals surface area (Å²) in [6.45, 7) is 1.17. The first-order valence-corrected chi connectivity index (χ1v) is 13.1. The topological polar surface area (TPSA) is 79.9 Å². The molecule has 0 aromatic heterocycles. The van der Waals surface area contributed by atoms with Crippen LogP contribution >= 0.6 is 43.5 Å². The number of nitrogens with zero attached hydrogens (tertiary/aromatic N) is 1. The van der Waals surface area contributed by atoms with Crippen molar-refractivity contribution in [2.75, 3.05) is 27.2 Å². The third-order valence-corrected chi connectivity index (χ3v) is 6.56. The van der Waals surface area contributed by atoms with Crippen LogP contribution in [0, 0.1) is 0 Å². The van der Waals surface area contributed by atoms with Crippen molar-refractivity contribution in [1.82, 2.24) is 15.5 Å². The van der Waals surface area contributed by atoms with E-state index in [1.54, 1.807) is 49.4 Å². The fourth-order valence-corrected chi connectivity index (χ4v) is 4.21. The Morgan fingerprint density at radius 2 is 1.75 bits per heavy atom. The zero-order valence-corrected chi connectivity index (χ0v) is 23.7. The highest BCUT2D eigenvalue weighted by Gasteiger charge is 2.14. The van der Waals surface area contributed by atoms with Gasteiger partial charge in [-0.2, -0.15) is 0 Å². The summed E-state index contributed by atoms with van der Waals surface area (Å²) in [6.07, 6.45) is 0.578. The fraction of sp³-hybridized carbons (Fsp3) is 0.231. The molecule has 0 aliphatic carbocycles. The number of carbonyl (C=O) groups excluding carboxylic acids is 2. The minimum absolute atomic E-state index is 0.216. The molecule has 0 radical (unpaired) electrons. The molecule has 0 spiro atoms. The lowest BCUT2D eigenvalue weighted by Crippen LogP contribution is -2.38. The Hall–Kier alpha value is -2.75. The fourth-order valence-electron chi connectivity index (χ4n) is 3.26. The molecule has 0 aliphatic rings. The van der Waals surface area contributed by atoms with Crippen molar-refractivity contribution < 1.29 is 19.1 Å².